The molecule has 2 aliphatic carbocycles. The van der Waals surface area contributed by atoms with Gasteiger partial charge in [-0.3, -0.25) is 0 Å². The van der Waals surface area contributed by atoms with E-state index in [1.807, 2.05) is 0 Å². The van der Waals surface area contributed by atoms with Gasteiger partial charge in [0.15, 0.2) is 0 Å². The summed E-state index contributed by atoms with van der Waals surface area (Å²) in [5, 5.41) is 3.71. The molecule has 2 unspecified atom stereocenters. The van der Waals surface area contributed by atoms with Crippen molar-refractivity contribution in [1.29, 1.82) is 0 Å². The van der Waals surface area contributed by atoms with E-state index in [9.17, 15) is 0 Å². The highest BCUT2D eigenvalue weighted by Crippen LogP contribution is 2.37. The third-order valence-corrected chi connectivity index (χ3v) is 5.47. The van der Waals surface area contributed by atoms with E-state index in [-0.39, 0.29) is 0 Å². The van der Waals surface area contributed by atoms with Gasteiger partial charge >= 0.3 is 0 Å². The van der Waals surface area contributed by atoms with Crippen LogP contribution in [0.25, 0.3) is 0 Å². The van der Waals surface area contributed by atoms with Crippen LogP contribution in [0.15, 0.2) is 0 Å². The average Bonchev–Trinajstić information content (AvgIpc) is 2.63. The SMILES string of the molecule is CC(C)NCC1CCCCCC1CC1CCCCC1. The van der Waals surface area contributed by atoms with Crippen LogP contribution < -0.4 is 5.32 Å². The standard InChI is InChI=1S/C18H35N/c1-15(2)19-14-18-12-8-4-7-11-17(18)13-16-9-5-3-6-10-16/h15-19H,3-14H2,1-2H3. The molecule has 1 N–H and O–H groups in total. The molecule has 0 aromatic carbocycles. The van der Waals surface area contributed by atoms with E-state index in [0.717, 1.165) is 17.8 Å². The van der Waals surface area contributed by atoms with Gasteiger partial charge in [-0.1, -0.05) is 71.6 Å². The molecule has 0 spiro atoms. The molecule has 1 heteroatoms. The summed E-state index contributed by atoms with van der Waals surface area (Å²) in [6.45, 7) is 5.84. The van der Waals surface area contributed by atoms with Gasteiger partial charge in [-0.15, -0.1) is 0 Å². The normalized spacial score (nSPS) is 30.5. The van der Waals surface area contributed by atoms with Crippen molar-refractivity contribution < 1.29 is 0 Å². The monoisotopic (exact) mass is 265 g/mol. The van der Waals surface area contributed by atoms with Crippen molar-refractivity contribution >= 4 is 0 Å². The van der Waals surface area contributed by atoms with Crippen molar-refractivity contribution in [3.05, 3.63) is 0 Å². The van der Waals surface area contributed by atoms with E-state index in [2.05, 4.69) is 19.2 Å². The minimum Gasteiger partial charge on any atom is -0.314 e. The summed E-state index contributed by atoms with van der Waals surface area (Å²) in [6.07, 6.45) is 16.6. The van der Waals surface area contributed by atoms with Crippen LogP contribution in [0.4, 0.5) is 0 Å². The van der Waals surface area contributed by atoms with Crippen LogP contribution in [0.1, 0.15) is 84.5 Å². The first-order valence-electron chi connectivity index (χ1n) is 8.99. The Bertz CT molecular complexity index is 230. The molecular formula is C18H35N. The second kappa shape index (κ2) is 8.29. The second-order valence-corrected chi connectivity index (χ2v) is 7.46. The zero-order chi connectivity index (χ0) is 13.5. The molecule has 19 heavy (non-hydrogen) atoms. The van der Waals surface area contributed by atoms with E-state index in [4.69, 9.17) is 0 Å². The van der Waals surface area contributed by atoms with Crippen LogP contribution in [0, 0.1) is 17.8 Å². The summed E-state index contributed by atoms with van der Waals surface area (Å²) in [4.78, 5) is 0. The molecule has 0 aromatic rings. The molecule has 0 aliphatic heterocycles. The first-order chi connectivity index (χ1) is 9.25. The molecule has 2 rings (SSSR count). The van der Waals surface area contributed by atoms with E-state index < -0.39 is 0 Å². The Kier molecular flexibility index (Phi) is 6.70. The lowest BCUT2D eigenvalue weighted by Gasteiger charge is -2.31. The van der Waals surface area contributed by atoms with Crippen molar-refractivity contribution in [2.24, 2.45) is 17.8 Å². The predicted octanol–water partition coefficient (Wildman–Crippen LogP) is 5.15. The van der Waals surface area contributed by atoms with Gasteiger partial charge in [0.2, 0.25) is 0 Å². The van der Waals surface area contributed by atoms with Gasteiger partial charge in [-0.05, 0) is 37.1 Å². The third-order valence-electron chi connectivity index (χ3n) is 5.47. The molecule has 2 saturated carbocycles. The largest absolute Gasteiger partial charge is 0.314 e. The van der Waals surface area contributed by atoms with Crippen LogP contribution in [0.5, 0.6) is 0 Å². The summed E-state index contributed by atoms with van der Waals surface area (Å²) in [5.41, 5.74) is 0. The lowest BCUT2D eigenvalue weighted by Crippen LogP contribution is -2.33. The first-order valence-corrected chi connectivity index (χ1v) is 8.99. The van der Waals surface area contributed by atoms with Crippen LogP contribution >= 0.6 is 0 Å². The van der Waals surface area contributed by atoms with Gasteiger partial charge in [0.1, 0.15) is 0 Å². The Morgan fingerprint density at radius 3 is 2.00 bits per heavy atom. The molecule has 112 valence electrons. The third kappa shape index (κ3) is 5.45. The van der Waals surface area contributed by atoms with Gasteiger partial charge in [-0.25, -0.2) is 0 Å². The number of nitrogens with one attached hydrogen (secondary N) is 1. The van der Waals surface area contributed by atoms with Crippen LogP contribution in [-0.2, 0) is 0 Å². The fourth-order valence-electron chi connectivity index (χ4n) is 4.28. The van der Waals surface area contributed by atoms with Gasteiger partial charge in [0.05, 0.1) is 0 Å². The minimum absolute atomic E-state index is 0.651. The quantitative estimate of drug-likeness (QED) is 0.678. The molecular weight excluding hydrogens is 230 g/mol. The average molecular weight is 265 g/mol. The summed E-state index contributed by atoms with van der Waals surface area (Å²) >= 11 is 0. The van der Waals surface area contributed by atoms with Gasteiger partial charge in [0.25, 0.3) is 0 Å². The molecule has 2 fully saturated rings. The topological polar surface area (TPSA) is 12.0 Å². The van der Waals surface area contributed by atoms with Crippen molar-refractivity contribution in [2.45, 2.75) is 90.5 Å². The van der Waals surface area contributed by atoms with Crippen LogP contribution in [0.3, 0.4) is 0 Å². The summed E-state index contributed by atoms with van der Waals surface area (Å²) in [6, 6.07) is 0.651. The van der Waals surface area contributed by atoms with E-state index in [1.165, 1.54) is 70.8 Å². The molecule has 0 bridgehead atoms. The first kappa shape index (κ1) is 15.4. The van der Waals surface area contributed by atoms with Crippen LogP contribution in [0.2, 0.25) is 0 Å². The minimum atomic E-state index is 0.651. The zero-order valence-electron chi connectivity index (χ0n) is 13.3. The molecule has 2 aliphatic rings. The molecule has 2 atom stereocenters. The number of hydrogen-bond donors (Lipinski definition) is 1. The van der Waals surface area contributed by atoms with E-state index in [1.54, 1.807) is 6.42 Å². The van der Waals surface area contributed by atoms with Crippen molar-refractivity contribution in [2.75, 3.05) is 6.54 Å². The Balaban J connectivity index is 1.84. The zero-order valence-corrected chi connectivity index (χ0v) is 13.3. The Labute approximate surface area is 120 Å². The Hall–Kier alpha value is -0.0400. The fourth-order valence-corrected chi connectivity index (χ4v) is 4.28. The summed E-state index contributed by atoms with van der Waals surface area (Å²) < 4.78 is 0. The van der Waals surface area contributed by atoms with Crippen molar-refractivity contribution in [3.8, 4) is 0 Å². The van der Waals surface area contributed by atoms with Gasteiger partial charge < -0.3 is 5.32 Å². The predicted molar refractivity (Wildman–Crippen MR) is 84.4 cm³/mol. The highest BCUT2D eigenvalue weighted by Gasteiger charge is 2.27. The maximum Gasteiger partial charge on any atom is 0.00104 e. The number of rotatable bonds is 5. The highest BCUT2D eigenvalue weighted by molar-refractivity contribution is 4.80. The Morgan fingerprint density at radius 2 is 1.37 bits per heavy atom. The summed E-state index contributed by atoms with van der Waals surface area (Å²) in [5.74, 6) is 3.06. The summed E-state index contributed by atoms with van der Waals surface area (Å²) in [7, 11) is 0. The highest BCUT2D eigenvalue weighted by atomic mass is 14.9. The van der Waals surface area contributed by atoms with Crippen LogP contribution in [-0.4, -0.2) is 12.6 Å². The maximum atomic E-state index is 3.71. The van der Waals surface area contributed by atoms with Gasteiger partial charge in [0, 0.05) is 6.04 Å². The molecule has 0 saturated heterocycles. The lowest BCUT2D eigenvalue weighted by molar-refractivity contribution is 0.212. The molecule has 0 aromatic heterocycles. The van der Waals surface area contributed by atoms with Crippen molar-refractivity contribution in [1.82, 2.24) is 5.32 Å². The maximum absolute atomic E-state index is 3.71. The smallest absolute Gasteiger partial charge is 0.00104 e. The fraction of sp³-hybridized carbons (Fsp3) is 1.00. The molecule has 0 radical (unpaired) electrons. The van der Waals surface area contributed by atoms with E-state index >= 15 is 0 Å². The van der Waals surface area contributed by atoms with Crippen molar-refractivity contribution in [3.63, 3.8) is 0 Å². The lowest BCUT2D eigenvalue weighted by atomic mass is 9.76. The Morgan fingerprint density at radius 1 is 0.789 bits per heavy atom. The molecule has 1 nitrogen and oxygen atoms in total. The molecule has 0 amide bonds. The van der Waals surface area contributed by atoms with E-state index in [0.29, 0.717) is 6.04 Å². The number of hydrogen-bond acceptors (Lipinski definition) is 1. The molecule has 0 heterocycles. The van der Waals surface area contributed by atoms with Gasteiger partial charge in [-0.2, -0.15) is 0 Å². The second-order valence-electron chi connectivity index (χ2n) is 7.46.